The van der Waals surface area contributed by atoms with Gasteiger partial charge in [-0.1, -0.05) is 34.1 Å². The normalized spacial score (nSPS) is 14.1. The third-order valence-corrected chi connectivity index (χ3v) is 3.85. The molecule has 0 fully saturated rings. The Hall–Kier alpha value is -2.80. The molecule has 0 aliphatic carbocycles. The van der Waals surface area contributed by atoms with E-state index in [4.69, 9.17) is 0 Å². The summed E-state index contributed by atoms with van der Waals surface area (Å²) in [4.78, 5) is 36.1. The van der Waals surface area contributed by atoms with Gasteiger partial charge in [0.25, 0.3) is 17.5 Å². The molecule has 2 aromatic rings. The number of amides is 2. The minimum absolute atomic E-state index is 0.135. The molecule has 114 valence electrons. The van der Waals surface area contributed by atoms with Gasteiger partial charge in [0.2, 0.25) is 0 Å². The number of nitrogens with zero attached hydrogens (tertiary/aromatic N) is 2. The van der Waals surface area contributed by atoms with Gasteiger partial charge in [0.05, 0.1) is 16.2 Å². The number of carbonyl (C=O) groups excluding carboxylic acids is 2. The fourth-order valence-corrected chi connectivity index (χ4v) is 2.71. The molecule has 0 bridgehead atoms. The molecule has 1 aliphatic rings. The van der Waals surface area contributed by atoms with Gasteiger partial charge >= 0.3 is 0 Å². The topological polar surface area (TPSA) is 80.5 Å². The van der Waals surface area contributed by atoms with Crippen molar-refractivity contribution in [2.45, 2.75) is 0 Å². The first-order valence-corrected chi connectivity index (χ1v) is 7.37. The second-order valence-corrected chi connectivity index (χ2v) is 5.74. The van der Waals surface area contributed by atoms with Crippen LogP contribution in [0.4, 0.5) is 11.4 Å². The van der Waals surface area contributed by atoms with Crippen molar-refractivity contribution in [3.8, 4) is 0 Å². The smallest absolute Gasteiger partial charge is 0.269 e. The molecule has 0 atom stereocenters. The fourth-order valence-electron chi connectivity index (χ4n) is 2.32. The maximum atomic E-state index is 12.6. The Bertz CT molecular complexity index is 876. The van der Waals surface area contributed by atoms with Crippen LogP contribution in [0.15, 0.2) is 59.1 Å². The van der Waals surface area contributed by atoms with Gasteiger partial charge in [0.1, 0.15) is 0 Å². The number of non-ortho nitro benzene ring substituents is 1. The van der Waals surface area contributed by atoms with Crippen molar-refractivity contribution < 1.29 is 14.5 Å². The van der Waals surface area contributed by atoms with E-state index in [0.29, 0.717) is 11.3 Å². The highest BCUT2D eigenvalue weighted by Crippen LogP contribution is 2.30. The Kier molecular flexibility index (Phi) is 3.79. The lowest BCUT2D eigenvalue weighted by atomic mass is 10.1. The van der Waals surface area contributed by atoms with Gasteiger partial charge in [-0.3, -0.25) is 19.7 Å². The SMILES string of the molecule is O=C1C=C(c2cccc([N+](=O)[O-])c2)C(=O)N1c1cccc(Br)c1. The predicted molar refractivity (Wildman–Crippen MR) is 87.7 cm³/mol. The fraction of sp³-hybridized carbons (Fsp3) is 0. The van der Waals surface area contributed by atoms with Crippen molar-refractivity contribution in [3.63, 3.8) is 0 Å². The van der Waals surface area contributed by atoms with E-state index in [9.17, 15) is 19.7 Å². The maximum absolute atomic E-state index is 12.6. The molecule has 0 aromatic heterocycles. The number of imide groups is 1. The number of anilines is 1. The van der Waals surface area contributed by atoms with E-state index in [1.807, 2.05) is 0 Å². The number of halogens is 1. The van der Waals surface area contributed by atoms with Crippen LogP contribution < -0.4 is 4.90 Å². The van der Waals surface area contributed by atoms with Crippen LogP contribution in [-0.4, -0.2) is 16.7 Å². The summed E-state index contributed by atoms with van der Waals surface area (Å²) in [6.07, 6.45) is 1.20. The average molecular weight is 373 g/mol. The summed E-state index contributed by atoms with van der Waals surface area (Å²) in [6.45, 7) is 0. The van der Waals surface area contributed by atoms with Crippen LogP contribution in [0.5, 0.6) is 0 Å². The van der Waals surface area contributed by atoms with Crippen molar-refractivity contribution in [1.29, 1.82) is 0 Å². The molecule has 0 spiro atoms. The first-order chi connectivity index (χ1) is 11.0. The number of hydrogen-bond donors (Lipinski definition) is 0. The molecule has 0 N–H and O–H groups in total. The van der Waals surface area contributed by atoms with Gasteiger partial charge in [-0.2, -0.15) is 0 Å². The van der Waals surface area contributed by atoms with E-state index >= 15 is 0 Å². The summed E-state index contributed by atoms with van der Waals surface area (Å²) in [6, 6.07) is 12.4. The lowest BCUT2D eigenvalue weighted by Gasteiger charge is -2.15. The van der Waals surface area contributed by atoms with E-state index in [0.717, 1.165) is 9.37 Å². The summed E-state index contributed by atoms with van der Waals surface area (Å²) in [5.74, 6) is -0.983. The zero-order chi connectivity index (χ0) is 16.6. The molecule has 1 heterocycles. The van der Waals surface area contributed by atoms with E-state index < -0.39 is 16.7 Å². The Labute approximate surface area is 139 Å². The van der Waals surface area contributed by atoms with E-state index in [1.165, 1.54) is 24.3 Å². The largest absolute Gasteiger partial charge is 0.270 e. The average Bonchev–Trinajstić information content (AvgIpc) is 2.82. The van der Waals surface area contributed by atoms with Crippen LogP contribution in [-0.2, 0) is 9.59 Å². The first-order valence-electron chi connectivity index (χ1n) is 6.58. The van der Waals surface area contributed by atoms with E-state index in [-0.39, 0.29) is 11.3 Å². The first kappa shape index (κ1) is 15.1. The third-order valence-electron chi connectivity index (χ3n) is 3.36. The van der Waals surface area contributed by atoms with Gasteiger partial charge in [-0.15, -0.1) is 0 Å². The van der Waals surface area contributed by atoms with Gasteiger partial charge in [-0.05, 0) is 23.8 Å². The second-order valence-electron chi connectivity index (χ2n) is 4.82. The number of nitro benzene ring substituents is 1. The zero-order valence-corrected chi connectivity index (χ0v) is 13.2. The summed E-state index contributed by atoms with van der Waals surface area (Å²) in [7, 11) is 0. The highest BCUT2D eigenvalue weighted by atomic mass is 79.9. The Morgan fingerprint density at radius 1 is 1.04 bits per heavy atom. The minimum Gasteiger partial charge on any atom is -0.269 e. The molecule has 23 heavy (non-hydrogen) atoms. The monoisotopic (exact) mass is 372 g/mol. The van der Waals surface area contributed by atoms with Crippen molar-refractivity contribution in [2.24, 2.45) is 0 Å². The quantitative estimate of drug-likeness (QED) is 0.470. The Morgan fingerprint density at radius 2 is 1.78 bits per heavy atom. The van der Waals surface area contributed by atoms with Gasteiger partial charge in [0.15, 0.2) is 0 Å². The van der Waals surface area contributed by atoms with Crippen LogP contribution in [0.1, 0.15) is 5.56 Å². The molecule has 0 unspecified atom stereocenters. The highest BCUT2D eigenvalue weighted by molar-refractivity contribution is 9.10. The third kappa shape index (κ3) is 2.78. The summed E-state index contributed by atoms with van der Waals surface area (Å²) < 4.78 is 0.736. The van der Waals surface area contributed by atoms with Crippen LogP contribution in [0.2, 0.25) is 0 Å². The molecule has 6 nitrogen and oxygen atoms in total. The predicted octanol–water partition coefficient (Wildman–Crippen LogP) is 3.31. The number of hydrogen-bond acceptors (Lipinski definition) is 4. The molecule has 0 radical (unpaired) electrons. The molecule has 2 amide bonds. The van der Waals surface area contributed by atoms with Crippen LogP contribution in [0, 0.1) is 10.1 Å². The lowest BCUT2D eigenvalue weighted by Crippen LogP contribution is -2.30. The zero-order valence-electron chi connectivity index (χ0n) is 11.6. The summed E-state index contributed by atoms with van der Waals surface area (Å²) in [5, 5.41) is 10.9. The minimum atomic E-state index is -0.544. The molecule has 7 heteroatoms. The summed E-state index contributed by atoms with van der Waals surface area (Å²) >= 11 is 3.29. The van der Waals surface area contributed by atoms with Crippen LogP contribution in [0.3, 0.4) is 0 Å². The van der Waals surface area contributed by atoms with Crippen molar-refractivity contribution in [1.82, 2.24) is 0 Å². The molecule has 0 saturated heterocycles. The van der Waals surface area contributed by atoms with Gasteiger partial charge in [-0.25, -0.2) is 4.90 Å². The number of nitro groups is 1. The Balaban J connectivity index is 1.99. The second kappa shape index (κ2) is 5.77. The van der Waals surface area contributed by atoms with Gasteiger partial charge in [0, 0.05) is 22.7 Å². The number of carbonyl (C=O) groups is 2. The maximum Gasteiger partial charge on any atom is 0.270 e. The standard InChI is InChI=1S/C16H9BrN2O4/c17-11-4-2-5-12(8-11)18-15(20)9-14(16(18)21)10-3-1-6-13(7-10)19(22)23/h1-9H. The summed E-state index contributed by atoms with van der Waals surface area (Å²) in [5.41, 5.74) is 0.782. The molecular weight excluding hydrogens is 364 g/mol. The van der Waals surface area contributed by atoms with Crippen molar-refractivity contribution in [3.05, 3.63) is 74.8 Å². The van der Waals surface area contributed by atoms with Crippen LogP contribution >= 0.6 is 15.9 Å². The van der Waals surface area contributed by atoms with E-state index in [2.05, 4.69) is 15.9 Å². The van der Waals surface area contributed by atoms with E-state index in [1.54, 1.807) is 30.3 Å². The van der Waals surface area contributed by atoms with Crippen LogP contribution in [0.25, 0.3) is 5.57 Å². The molecule has 0 saturated carbocycles. The molecule has 1 aliphatic heterocycles. The molecule has 2 aromatic carbocycles. The van der Waals surface area contributed by atoms with Crippen molar-refractivity contribution in [2.75, 3.05) is 4.90 Å². The lowest BCUT2D eigenvalue weighted by molar-refractivity contribution is -0.384. The van der Waals surface area contributed by atoms with Crippen molar-refractivity contribution >= 4 is 44.7 Å². The molecular formula is C16H9BrN2O4. The molecule has 3 rings (SSSR count). The number of rotatable bonds is 3. The highest BCUT2D eigenvalue weighted by Gasteiger charge is 2.33. The number of benzene rings is 2. The Morgan fingerprint density at radius 3 is 2.48 bits per heavy atom. The van der Waals surface area contributed by atoms with Gasteiger partial charge < -0.3 is 0 Å².